The van der Waals surface area contributed by atoms with Gasteiger partial charge in [0, 0.05) is 24.3 Å². The molecule has 0 amide bonds. The number of para-hydroxylation sites is 2. The van der Waals surface area contributed by atoms with E-state index in [2.05, 4.69) is 27.4 Å². The Bertz CT molecular complexity index is 1360. The van der Waals surface area contributed by atoms with Crippen molar-refractivity contribution >= 4 is 16.6 Å². The number of aromatic nitrogens is 2. The van der Waals surface area contributed by atoms with E-state index in [1.54, 1.807) is 29.2 Å². The smallest absolute Gasteiger partial charge is 0.328 e. The third-order valence-corrected chi connectivity index (χ3v) is 8.07. The molecule has 0 radical (unpaired) electrons. The van der Waals surface area contributed by atoms with Gasteiger partial charge >= 0.3 is 5.69 Å². The Labute approximate surface area is 248 Å². The molecule has 0 aliphatic carbocycles. The molecule has 0 saturated heterocycles. The molecule has 2 unspecified atom stereocenters. The minimum Gasteiger partial charge on any atom is -0.374 e. The van der Waals surface area contributed by atoms with Crippen LogP contribution >= 0.6 is 0 Å². The van der Waals surface area contributed by atoms with Gasteiger partial charge in [0.2, 0.25) is 0 Å². The van der Waals surface area contributed by atoms with Gasteiger partial charge in [-0.05, 0) is 83.0 Å². The highest BCUT2D eigenvalue weighted by Gasteiger charge is 2.31. The predicted octanol–water partition coefficient (Wildman–Crippen LogP) is 3.42. The fourth-order valence-corrected chi connectivity index (χ4v) is 5.68. The number of rotatable bonds is 18. The molecule has 1 aliphatic heterocycles. The Morgan fingerprint density at radius 2 is 1.55 bits per heavy atom. The number of unbranched alkanes of at least 4 members (excludes halogenated alkanes) is 4. The zero-order valence-electron chi connectivity index (χ0n) is 24.9. The summed E-state index contributed by atoms with van der Waals surface area (Å²) in [6.07, 6.45) is 6.86. The lowest BCUT2D eigenvalue weighted by atomic mass is 10.1. The van der Waals surface area contributed by atoms with Crippen molar-refractivity contribution in [2.24, 2.45) is 0 Å². The molecule has 3 aromatic rings. The lowest BCUT2D eigenvalue weighted by Crippen LogP contribution is -2.47. The van der Waals surface area contributed by atoms with E-state index in [9.17, 15) is 19.8 Å². The zero-order valence-corrected chi connectivity index (χ0v) is 24.9. The molecule has 5 N–H and O–H groups in total. The topological polar surface area (TPSA) is 126 Å². The summed E-state index contributed by atoms with van der Waals surface area (Å²) in [5.74, 6) is 0. The van der Waals surface area contributed by atoms with E-state index < -0.39 is 12.6 Å². The number of aliphatic hydroxyl groups is 2. The van der Waals surface area contributed by atoms with E-state index in [1.165, 1.54) is 30.3 Å². The second kappa shape index (κ2) is 16.6. The number of H-pyrrole nitrogens is 1. The van der Waals surface area contributed by atoms with Crippen LogP contribution in [-0.2, 0) is 6.54 Å². The maximum Gasteiger partial charge on any atom is 0.328 e. The number of nitrogens with one attached hydrogen (secondary N) is 3. The first-order chi connectivity index (χ1) is 20.5. The Morgan fingerprint density at radius 3 is 2.38 bits per heavy atom. The molecule has 230 valence electrons. The van der Waals surface area contributed by atoms with Gasteiger partial charge in [0.25, 0.3) is 5.56 Å². The number of benzene rings is 2. The van der Waals surface area contributed by atoms with Gasteiger partial charge in [0.15, 0.2) is 6.35 Å². The summed E-state index contributed by atoms with van der Waals surface area (Å²) in [5, 5.41) is 28.4. The fourth-order valence-electron chi connectivity index (χ4n) is 5.68. The summed E-state index contributed by atoms with van der Waals surface area (Å²) in [6, 6.07) is 14.7. The first-order valence-electron chi connectivity index (χ1n) is 15.6. The Morgan fingerprint density at radius 1 is 0.833 bits per heavy atom. The van der Waals surface area contributed by atoms with Crippen molar-refractivity contribution in [1.82, 2.24) is 24.7 Å². The molecule has 2 heterocycles. The van der Waals surface area contributed by atoms with Crippen LogP contribution in [0.5, 0.6) is 0 Å². The number of nitrogens with zero attached hydrogens (tertiary/aromatic N) is 3. The molecular weight excluding hydrogens is 532 g/mol. The van der Waals surface area contributed by atoms with Crippen LogP contribution in [0.3, 0.4) is 0 Å². The molecule has 0 saturated carbocycles. The van der Waals surface area contributed by atoms with Gasteiger partial charge in [-0.3, -0.25) is 9.36 Å². The molecule has 0 spiro atoms. The third kappa shape index (κ3) is 8.75. The van der Waals surface area contributed by atoms with E-state index in [-0.39, 0.29) is 11.2 Å². The van der Waals surface area contributed by atoms with Crippen LogP contribution in [0.15, 0.2) is 58.1 Å². The highest BCUT2D eigenvalue weighted by atomic mass is 16.3. The molecule has 10 nitrogen and oxygen atoms in total. The summed E-state index contributed by atoms with van der Waals surface area (Å²) in [4.78, 5) is 32.0. The second-order valence-corrected chi connectivity index (χ2v) is 11.2. The number of aromatic amines is 1. The molecular formula is C32H48N6O4. The van der Waals surface area contributed by atoms with Gasteiger partial charge < -0.3 is 30.7 Å². The summed E-state index contributed by atoms with van der Waals surface area (Å²) in [7, 11) is 0. The number of fused-ring (bicyclic) bond motifs is 2. The highest BCUT2D eigenvalue weighted by molar-refractivity contribution is 5.76. The molecule has 4 rings (SSSR count). The average molecular weight is 581 g/mol. The quantitative estimate of drug-likeness (QED) is 0.145. The minimum atomic E-state index is -0.905. The summed E-state index contributed by atoms with van der Waals surface area (Å²) < 4.78 is 1.29. The Kier molecular flexibility index (Phi) is 12.6. The lowest BCUT2D eigenvalue weighted by Gasteiger charge is -2.39. The minimum absolute atomic E-state index is 0.237. The number of hydrogen-bond acceptors (Lipinski definition) is 8. The van der Waals surface area contributed by atoms with Crippen molar-refractivity contribution in [1.29, 1.82) is 0 Å². The van der Waals surface area contributed by atoms with Gasteiger partial charge in [-0.1, -0.05) is 56.5 Å². The second-order valence-electron chi connectivity index (χ2n) is 11.2. The SMILES string of the molecule is CCCCCCN(CCCCNCCCn1c(=O)[nH]c2ccccc2c1=O)CCCN1C(O)Nc2ccccc2C1O. The summed E-state index contributed by atoms with van der Waals surface area (Å²) in [6.45, 7) is 7.85. The molecule has 1 aromatic heterocycles. The normalized spacial score (nSPS) is 17.0. The van der Waals surface area contributed by atoms with Crippen molar-refractivity contribution in [3.8, 4) is 0 Å². The van der Waals surface area contributed by atoms with E-state index in [0.717, 1.165) is 63.2 Å². The van der Waals surface area contributed by atoms with Crippen LogP contribution in [0, 0.1) is 0 Å². The molecule has 1 aliphatic rings. The maximum atomic E-state index is 12.7. The van der Waals surface area contributed by atoms with E-state index >= 15 is 0 Å². The van der Waals surface area contributed by atoms with Crippen molar-refractivity contribution in [2.45, 2.75) is 77.4 Å². The monoisotopic (exact) mass is 580 g/mol. The first kappa shape index (κ1) is 31.9. The molecule has 2 aromatic carbocycles. The lowest BCUT2D eigenvalue weighted by molar-refractivity contribution is -0.0987. The van der Waals surface area contributed by atoms with Crippen LogP contribution in [0.1, 0.15) is 70.1 Å². The van der Waals surface area contributed by atoms with Crippen LogP contribution in [-0.4, -0.2) is 75.2 Å². The van der Waals surface area contributed by atoms with Gasteiger partial charge in [0.1, 0.15) is 6.23 Å². The van der Waals surface area contributed by atoms with Crippen molar-refractivity contribution < 1.29 is 10.2 Å². The highest BCUT2D eigenvalue weighted by Crippen LogP contribution is 2.32. The van der Waals surface area contributed by atoms with Crippen LogP contribution in [0.4, 0.5) is 5.69 Å². The van der Waals surface area contributed by atoms with Crippen LogP contribution in [0.2, 0.25) is 0 Å². The maximum absolute atomic E-state index is 12.7. The van der Waals surface area contributed by atoms with Crippen molar-refractivity contribution in [3.63, 3.8) is 0 Å². The van der Waals surface area contributed by atoms with Gasteiger partial charge in [-0.25, -0.2) is 9.69 Å². The van der Waals surface area contributed by atoms with Crippen molar-refractivity contribution in [3.05, 3.63) is 74.9 Å². The van der Waals surface area contributed by atoms with Gasteiger partial charge in [-0.2, -0.15) is 0 Å². The Balaban J connectivity index is 1.15. The third-order valence-electron chi connectivity index (χ3n) is 8.07. The number of aliphatic hydroxyl groups excluding tert-OH is 2. The zero-order chi connectivity index (χ0) is 29.7. The van der Waals surface area contributed by atoms with E-state index in [0.29, 0.717) is 30.4 Å². The largest absolute Gasteiger partial charge is 0.374 e. The van der Waals surface area contributed by atoms with Crippen LogP contribution < -0.4 is 21.9 Å². The van der Waals surface area contributed by atoms with Crippen LogP contribution in [0.25, 0.3) is 10.9 Å². The number of hydrogen-bond donors (Lipinski definition) is 5. The predicted molar refractivity (Wildman–Crippen MR) is 168 cm³/mol. The van der Waals surface area contributed by atoms with E-state index in [4.69, 9.17) is 0 Å². The van der Waals surface area contributed by atoms with Gasteiger partial charge in [0.05, 0.1) is 10.9 Å². The molecule has 0 bridgehead atoms. The molecule has 10 heteroatoms. The first-order valence-corrected chi connectivity index (χ1v) is 15.6. The number of anilines is 1. The summed E-state index contributed by atoms with van der Waals surface area (Å²) in [5.41, 5.74) is 1.55. The van der Waals surface area contributed by atoms with E-state index in [1.807, 2.05) is 24.3 Å². The van der Waals surface area contributed by atoms with Gasteiger partial charge in [-0.15, -0.1) is 0 Å². The molecule has 0 fully saturated rings. The molecule has 42 heavy (non-hydrogen) atoms. The summed E-state index contributed by atoms with van der Waals surface area (Å²) >= 11 is 0. The fraction of sp³-hybridized carbons (Fsp3) is 0.562. The Hall–Kier alpha value is -3.02. The average Bonchev–Trinajstić information content (AvgIpc) is 2.99. The molecule has 2 atom stereocenters. The standard InChI is InChI=1S/C32H48N6O4/c1-2-3-4-10-20-36(22-13-24-38-30(40)26-15-6-8-17-28(26)35-32(38)42)21-11-9-18-33-19-12-23-37-29(39)25-14-5-7-16-27(25)34-31(37)41/h5-8,14-17,30,32-33,35,40,42H,2-4,9-13,18-24H2,1H3,(H,34,41). The van der Waals surface area contributed by atoms with Crippen molar-refractivity contribution in [2.75, 3.05) is 44.6 Å².